The van der Waals surface area contributed by atoms with Crippen molar-refractivity contribution in [3.63, 3.8) is 0 Å². The molecule has 0 saturated carbocycles. The average Bonchev–Trinajstić information content (AvgIpc) is 3.38. The second-order valence-corrected chi connectivity index (χ2v) is 8.28. The second kappa shape index (κ2) is 6.14. The van der Waals surface area contributed by atoms with Crippen LogP contribution in [-0.2, 0) is 0 Å². The molecular weight excluding hydrogens is 350 g/mol. The van der Waals surface area contributed by atoms with E-state index in [-0.39, 0.29) is 5.91 Å². The summed E-state index contributed by atoms with van der Waals surface area (Å²) < 4.78 is 1.69. The van der Waals surface area contributed by atoms with Crippen molar-refractivity contribution in [3.05, 3.63) is 66.1 Å². The standard InChI is InChI=1S/C22H23N5O/c28-22(17-13-24-27-10-4-9-23-21(17)27)26-14-18(15-5-2-1-3-6-15)20-19(26)16-7-11-25(20)12-8-16/h1-6,9-10,13,16,18-20H,7-8,11-12,14H2/t18-,19+,20+/m0/s1. The molecule has 7 rings (SSSR count). The van der Waals surface area contributed by atoms with Gasteiger partial charge in [-0.3, -0.25) is 9.69 Å². The van der Waals surface area contributed by atoms with E-state index in [0.29, 0.717) is 35.1 Å². The Hall–Kier alpha value is -2.73. The smallest absolute Gasteiger partial charge is 0.259 e. The van der Waals surface area contributed by atoms with Gasteiger partial charge in [0.1, 0.15) is 5.56 Å². The van der Waals surface area contributed by atoms with Crippen LogP contribution in [0, 0.1) is 5.92 Å². The molecule has 1 amide bonds. The molecule has 0 unspecified atom stereocenters. The molecule has 6 heteroatoms. The molecule has 2 aromatic heterocycles. The molecular formula is C22H23N5O. The lowest BCUT2D eigenvalue weighted by Gasteiger charge is -2.51. The van der Waals surface area contributed by atoms with Crippen LogP contribution in [0.1, 0.15) is 34.7 Å². The van der Waals surface area contributed by atoms with Crippen molar-refractivity contribution in [2.75, 3.05) is 19.6 Å². The number of hydrogen-bond donors (Lipinski definition) is 0. The molecule has 6 heterocycles. The highest BCUT2D eigenvalue weighted by molar-refractivity contribution is 6.00. The number of aromatic nitrogens is 3. The Balaban J connectivity index is 1.42. The summed E-state index contributed by atoms with van der Waals surface area (Å²) in [6.07, 6.45) is 7.63. The molecule has 2 bridgehead atoms. The summed E-state index contributed by atoms with van der Waals surface area (Å²) in [6, 6.07) is 13.3. The number of carbonyl (C=O) groups excluding carboxylic acids is 1. The molecule has 0 aliphatic carbocycles. The molecule has 4 aliphatic rings. The number of fused-ring (bicyclic) bond motifs is 3. The summed E-state index contributed by atoms with van der Waals surface area (Å²) in [5.41, 5.74) is 2.61. The van der Waals surface area contributed by atoms with Crippen molar-refractivity contribution >= 4 is 11.6 Å². The number of benzene rings is 1. The lowest BCUT2D eigenvalue weighted by molar-refractivity contribution is -0.00335. The van der Waals surface area contributed by atoms with E-state index in [4.69, 9.17) is 0 Å². The van der Waals surface area contributed by atoms with Gasteiger partial charge < -0.3 is 4.90 Å². The van der Waals surface area contributed by atoms with Gasteiger partial charge in [0.15, 0.2) is 5.65 Å². The maximum atomic E-state index is 13.6. The maximum Gasteiger partial charge on any atom is 0.259 e. The molecule has 3 aromatic rings. The van der Waals surface area contributed by atoms with Crippen molar-refractivity contribution in [1.82, 2.24) is 24.4 Å². The van der Waals surface area contributed by atoms with Crippen LogP contribution in [0.2, 0.25) is 0 Å². The number of nitrogens with zero attached hydrogens (tertiary/aromatic N) is 5. The first-order valence-corrected chi connectivity index (χ1v) is 10.2. The van der Waals surface area contributed by atoms with Gasteiger partial charge >= 0.3 is 0 Å². The minimum atomic E-state index is 0.0795. The van der Waals surface area contributed by atoms with Crippen LogP contribution in [0.25, 0.3) is 5.65 Å². The maximum absolute atomic E-state index is 13.6. The predicted molar refractivity (Wildman–Crippen MR) is 105 cm³/mol. The van der Waals surface area contributed by atoms with Crippen molar-refractivity contribution in [2.45, 2.75) is 30.8 Å². The van der Waals surface area contributed by atoms with E-state index >= 15 is 0 Å². The van der Waals surface area contributed by atoms with Crippen LogP contribution < -0.4 is 0 Å². The van der Waals surface area contributed by atoms with Gasteiger partial charge in [0.25, 0.3) is 5.91 Å². The Labute approximate surface area is 163 Å². The first kappa shape index (κ1) is 16.2. The van der Waals surface area contributed by atoms with Crippen LogP contribution in [-0.4, -0.2) is 62.0 Å². The topological polar surface area (TPSA) is 53.7 Å². The van der Waals surface area contributed by atoms with E-state index in [0.717, 1.165) is 19.6 Å². The molecule has 0 N–H and O–H groups in total. The number of hydrogen-bond acceptors (Lipinski definition) is 4. The first-order chi connectivity index (χ1) is 13.8. The molecule has 1 aromatic carbocycles. The lowest BCUT2D eigenvalue weighted by Crippen LogP contribution is -2.60. The van der Waals surface area contributed by atoms with E-state index in [1.165, 1.54) is 18.4 Å². The lowest BCUT2D eigenvalue weighted by atomic mass is 9.75. The van der Waals surface area contributed by atoms with Crippen LogP contribution in [0.5, 0.6) is 0 Å². The molecule has 4 fully saturated rings. The highest BCUT2D eigenvalue weighted by Gasteiger charge is 2.54. The molecule has 3 atom stereocenters. The largest absolute Gasteiger partial charge is 0.333 e. The number of amides is 1. The Morgan fingerprint density at radius 1 is 1.04 bits per heavy atom. The van der Waals surface area contributed by atoms with Crippen LogP contribution >= 0.6 is 0 Å². The summed E-state index contributed by atoms with van der Waals surface area (Å²) in [4.78, 5) is 22.8. The third-order valence-electron chi connectivity index (χ3n) is 6.99. The van der Waals surface area contributed by atoms with E-state index < -0.39 is 0 Å². The van der Waals surface area contributed by atoms with Crippen LogP contribution in [0.4, 0.5) is 0 Å². The van der Waals surface area contributed by atoms with Crippen molar-refractivity contribution in [3.8, 4) is 0 Å². The van der Waals surface area contributed by atoms with E-state index in [9.17, 15) is 4.79 Å². The van der Waals surface area contributed by atoms with Gasteiger partial charge in [-0.15, -0.1) is 0 Å². The summed E-state index contributed by atoms with van der Waals surface area (Å²) in [5.74, 6) is 1.05. The van der Waals surface area contributed by atoms with Gasteiger partial charge in [0.2, 0.25) is 0 Å². The van der Waals surface area contributed by atoms with Crippen molar-refractivity contribution < 1.29 is 4.79 Å². The molecule has 0 spiro atoms. The predicted octanol–water partition coefficient (Wildman–Crippen LogP) is 2.43. The van der Waals surface area contributed by atoms with Crippen LogP contribution in [0.3, 0.4) is 0 Å². The summed E-state index contributed by atoms with van der Waals surface area (Å²) in [7, 11) is 0. The average molecular weight is 373 g/mol. The first-order valence-electron chi connectivity index (χ1n) is 10.2. The Kier molecular flexibility index (Phi) is 3.56. The van der Waals surface area contributed by atoms with Crippen LogP contribution in [0.15, 0.2) is 55.0 Å². The minimum Gasteiger partial charge on any atom is -0.333 e. The molecule has 6 nitrogen and oxygen atoms in total. The Morgan fingerprint density at radius 3 is 2.68 bits per heavy atom. The van der Waals surface area contributed by atoms with Gasteiger partial charge in [-0.1, -0.05) is 30.3 Å². The fraction of sp³-hybridized carbons (Fsp3) is 0.409. The number of rotatable bonds is 2. The molecule has 28 heavy (non-hydrogen) atoms. The Morgan fingerprint density at radius 2 is 1.86 bits per heavy atom. The zero-order valence-corrected chi connectivity index (χ0v) is 15.7. The monoisotopic (exact) mass is 373 g/mol. The van der Waals surface area contributed by atoms with E-state index in [1.807, 2.05) is 12.3 Å². The quantitative estimate of drug-likeness (QED) is 0.692. The normalized spacial score (nSPS) is 31.3. The highest BCUT2D eigenvalue weighted by Crippen LogP contribution is 2.47. The molecule has 4 aliphatic heterocycles. The van der Waals surface area contributed by atoms with Crippen molar-refractivity contribution in [1.29, 1.82) is 0 Å². The third kappa shape index (κ3) is 2.27. The van der Waals surface area contributed by atoms with Gasteiger partial charge in [-0.25, -0.2) is 9.50 Å². The summed E-state index contributed by atoms with van der Waals surface area (Å²) in [5, 5.41) is 4.34. The van der Waals surface area contributed by atoms with Gasteiger partial charge in [-0.05, 0) is 43.5 Å². The minimum absolute atomic E-state index is 0.0795. The fourth-order valence-electron chi connectivity index (χ4n) is 5.78. The van der Waals surface area contributed by atoms with Gasteiger partial charge in [0, 0.05) is 30.9 Å². The number of carbonyl (C=O) groups is 1. The van der Waals surface area contributed by atoms with E-state index in [2.05, 4.69) is 50.2 Å². The third-order valence-corrected chi connectivity index (χ3v) is 6.99. The SMILES string of the molecule is O=C(c1cnn2cccnc12)N1C[C@@H](c2ccccc2)[C@@H]2[C@H]1C1CCN2CC1. The van der Waals surface area contributed by atoms with E-state index in [1.54, 1.807) is 16.9 Å². The highest BCUT2D eigenvalue weighted by atomic mass is 16.2. The number of piperidine rings is 3. The zero-order valence-electron chi connectivity index (χ0n) is 15.7. The van der Waals surface area contributed by atoms with Crippen molar-refractivity contribution in [2.24, 2.45) is 5.92 Å². The van der Waals surface area contributed by atoms with Gasteiger partial charge in [0.05, 0.1) is 12.2 Å². The Bertz CT molecular complexity index is 1020. The number of likely N-dealkylation sites (tertiary alicyclic amines) is 1. The second-order valence-electron chi connectivity index (χ2n) is 8.28. The summed E-state index contributed by atoms with van der Waals surface area (Å²) >= 11 is 0. The molecule has 0 radical (unpaired) electrons. The zero-order chi connectivity index (χ0) is 18.7. The van der Waals surface area contributed by atoms with Gasteiger partial charge in [-0.2, -0.15) is 5.10 Å². The molecule has 4 saturated heterocycles. The molecule has 142 valence electrons. The fourth-order valence-corrected chi connectivity index (χ4v) is 5.78. The summed E-state index contributed by atoms with van der Waals surface area (Å²) in [6.45, 7) is 3.10.